The molecule has 1 aliphatic rings. The molecule has 0 aliphatic carbocycles. The number of carboxylic acid groups (broad SMARTS) is 1. The minimum atomic E-state index is -0.917. The van der Waals surface area contributed by atoms with E-state index in [4.69, 9.17) is 5.11 Å². The lowest BCUT2D eigenvalue weighted by molar-refractivity contribution is -0.131. The number of rotatable bonds is 5. The molecular formula is C16H22N2O3. The van der Waals surface area contributed by atoms with Crippen molar-refractivity contribution in [2.75, 3.05) is 25.0 Å². The van der Waals surface area contributed by atoms with Gasteiger partial charge in [0.15, 0.2) is 0 Å². The summed E-state index contributed by atoms with van der Waals surface area (Å²) < 4.78 is 0. The Labute approximate surface area is 125 Å². The lowest BCUT2D eigenvalue weighted by Gasteiger charge is -2.26. The number of piperidine rings is 1. The Balaban J connectivity index is 1.81. The van der Waals surface area contributed by atoms with Crippen molar-refractivity contribution in [2.24, 2.45) is 0 Å². The van der Waals surface area contributed by atoms with E-state index in [9.17, 15) is 9.59 Å². The number of likely N-dealkylation sites (tertiary alicyclic amines) is 1. The van der Waals surface area contributed by atoms with Gasteiger partial charge in [0.2, 0.25) is 5.91 Å². The van der Waals surface area contributed by atoms with Gasteiger partial charge < -0.3 is 15.3 Å². The topological polar surface area (TPSA) is 69.6 Å². The standard InChI is InChI=1S/C16H22N2O3/c1-12-11-13(5-6-14(12)16(20)21)17-8-7-15(19)18-9-3-2-4-10-18/h5-6,11,17H,2-4,7-10H2,1H3,(H,20,21). The van der Waals surface area contributed by atoms with E-state index >= 15 is 0 Å². The Hall–Kier alpha value is -2.04. The van der Waals surface area contributed by atoms with E-state index in [1.165, 1.54) is 6.42 Å². The first kappa shape index (κ1) is 15.4. The molecule has 0 bridgehead atoms. The quantitative estimate of drug-likeness (QED) is 0.874. The van der Waals surface area contributed by atoms with Gasteiger partial charge in [-0.25, -0.2) is 4.79 Å². The summed E-state index contributed by atoms with van der Waals surface area (Å²) in [6.45, 7) is 4.10. The number of carbonyl (C=O) groups is 2. The monoisotopic (exact) mass is 290 g/mol. The first-order chi connectivity index (χ1) is 10.1. The Bertz CT molecular complexity index is 522. The van der Waals surface area contributed by atoms with Gasteiger partial charge in [-0.15, -0.1) is 0 Å². The van der Waals surface area contributed by atoms with Crippen molar-refractivity contribution in [2.45, 2.75) is 32.6 Å². The van der Waals surface area contributed by atoms with Gasteiger partial charge >= 0.3 is 5.97 Å². The van der Waals surface area contributed by atoms with Crippen LogP contribution in [0.2, 0.25) is 0 Å². The van der Waals surface area contributed by atoms with Crippen LogP contribution in [0.15, 0.2) is 18.2 Å². The van der Waals surface area contributed by atoms with Crippen molar-refractivity contribution < 1.29 is 14.7 Å². The van der Waals surface area contributed by atoms with E-state index in [0.29, 0.717) is 18.5 Å². The largest absolute Gasteiger partial charge is 0.478 e. The van der Waals surface area contributed by atoms with Crippen molar-refractivity contribution in [3.05, 3.63) is 29.3 Å². The molecule has 2 N–H and O–H groups in total. The van der Waals surface area contributed by atoms with Crippen LogP contribution in [0, 0.1) is 6.92 Å². The third kappa shape index (κ3) is 4.21. The van der Waals surface area contributed by atoms with Crippen molar-refractivity contribution in [3.63, 3.8) is 0 Å². The van der Waals surface area contributed by atoms with Crippen LogP contribution in [0.1, 0.15) is 41.6 Å². The molecule has 0 radical (unpaired) electrons. The number of hydrogen-bond acceptors (Lipinski definition) is 3. The number of hydrogen-bond donors (Lipinski definition) is 2. The molecule has 1 aromatic carbocycles. The average Bonchev–Trinajstić information content (AvgIpc) is 2.47. The fourth-order valence-electron chi connectivity index (χ4n) is 2.63. The maximum absolute atomic E-state index is 12.0. The second-order valence-electron chi connectivity index (χ2n) is 5.45. The molecule has 1 fully saturated rings. The van der Waals surface area contributed by atoms with E-state index in [2.05, 4.69) is 5.32 Å². The molecule has 1 aliphatic heterocycles. The van der Waals surface area contributed by atoms with E-state index in [-0.39, 0.29) is 5.91 Å². The van der Waals surface area contributed by atoms with Gasteiger partial charge in [-0.05, 0) is 49.9 Å². The highest BCUT2D eigenvalue weighted by atomic mass is 16.4. The molecule has 1 saturated heterocycles. The molecule has 0 aromatic heterocycles. The van der Waals surface area contributed by atoms with E-state index < -0.39 is 5.97 Å². The summed E-state index contributed by atoms with van der Waals surface area (Å²) in [7, 11) is 0. The molecule has 2 rings (SSSR count). The second-order valence-corrected chi connectivity index (χ2v) is 5.45. The molecule has 114 valence electrons. The summed E-state index contributed by atoms with van der Waals surface area (Å²) in [4.78, 5) is 24.9. The zero-order chi connectivity index (χ0) is 15.2. The van der Waals surface area contributed by atoms with Crippen molar-refractivity contribution in [1.82, 2.24) is 4.90 Å². The number of carboxylic acids is 1. The molecule has 0 unspecified atom stereocenters. The van der Waals surface area contributed by atoms with Gasteiger partial charge in [0.25, 0.3) is 0 Å². The van der Waals surface area contributed by atoms with Gasteiger partial charge in [-0.2, -0.15) is 0 Å². The normalized spacial score (nSPS) is 14.8. The lowest BCUT2D eigenvalue weighted by atomic mass is 10.1. The Morgan fingerprint density at radius 3 is 2.57 bits per heavy atom. The maximum atomic E-state index is 12.0. The zero-order valence-electron chi connectivity index (χ0n) is 12.4. The highest BCUT2D eigenvalue weighted by Crippen LogP contribution is 2.15. The molecule has 5 nitrogen and oxygen atoms in total. The number of benzene rings is 1. The summed E-state index contributed by atoms with van der Waals surface area (Å²) in [5.74, 6) is -0.722. The van der Waals surface area contributed by atoms with E-state index in [1.54, 1.807) is 25.1 Å². The number of anilines is 1. The summed E-state index contributed by atoms with van der Waals surface area (Å²) in [6.07, 6.45) is 3.90. The fourth-order valence-corrected chi connectivity index (χ4v) is 2.63. The molecule has 1 aromatic rings. The van der Waals surface area contributed by atoms with Crippen LogP contribution in [-0.2, 0) is 4.79 Å². The van der Waals surface area contributed by atoms with Crippen LogP contribution >= 0.6 is 0 Å². The lowest BCUT2D eigenvalue weighted by Crippen LogP contribution is -2.36. The number of amides is 1. The van der Waals surface area contributed by atoms with Crippen LogP contribution in [-0.4, -0.2) is 41.5 Å². The highest BCUT2D eigenvalue weighted by Gasteiger charge is 2.15. The van der Waals surface area contributed by atoms with Crippen molar-refractivity contribution in [3.8, 4) is 0 Å². The van der Waals surface area contributed by atoms with Gasteiger partial charge in [0, 0.05) is 31.7 Å². The molecule has 1 heterocycles. The minimum Gasteiger partial charge on any atom is -0.478 e. The van der Waals surface area contributed by atoms with Crippen molar-refractivity contribution in [1.29, 1.82) is 0 Å². The third-order valence-corrected chi connectivity index (χ3v) is 3.83. The average molecular weight is 290 g/mol. The highest BCUT2D eigenvalue weighted by molar-refractivity contribution is 5.89. The van der Waals surface area contributed by atoms with Gasteiger partial charge in [-0.3, -0.25) is 4.79 Å². The molecule has 0 atom stereocenters. The maximum Gasteiger partial charge on any atom is 0.335 e. The van der Waals surface area contributed by atoms with Crippen molar-refractivity contribution >= 4 is 17.6 Å². The van der Waals surface area contributed by atoms with Crippen LogP contribution in [0.4, 0.5) is 5.69 Å². The van der Waals surface area contributed by atoms with Crippen LogP contribution in [0.5, 0.6) is 0 Å². The first-order valence-electron chi connectivity index (χ1n) is 7.43. The van der Waals surface area contributed by atoms with Crippen LogP contribution < -0.4 is 5.32 Å². The Kier molecular flexibility index (Phi) is 5.20. The Morgan fingerprint density at radius 2 is 1.95 bits per heavy atom. The smallest absolute Gasteiger partial charge is 0.335 e. The molecule has 21 heavy (non-hydrogen) atoms. The molecule has 0 saturated carbocycles. The second kappa shape index (κ2) is 7.11. The third-order valence-electron chi connectivity index (χ3n) is 3.83. The minimum absolute atomic E-state index is 0.195. The van der Waals surface area contributed by atoms with E-state index in [1.807, 2.05) is 4.90 Å². The Morgan fingerprint density at radius 1 is 1.24 bits per heavy atom. The summed E-state index contributed by atoms with van der Waals surface area (Å²) in [5, 5.41) is 12.2. The van der Waals surface area contributed by atoms with Gasteiger partial charge in [0.1, 0.15) is 0 Å². The van der Waals surface area contributed by atoms with E-state index in [0.717, 1.165) is 37.2 Å². The predicted octanol–water partition coefficient (Wildman–Crippen LogP) is 2.51. The molecule has 1 amide bonds. The molecule has 0 spiro atoms. The fraction of sp³-hybridized carbons (Fsp3) is 0.500. The SMILES string of the molecule is Cc1cc(NCCC(=O)N2CCCCC2)ccc1C(=O)O. The molecule has 5 heteroatoms. The summed E-state index contributed by atoms with van der Waals surface area (Å²) in [6, 6.07) is 5.13. The number of aryl methyl sites for hydroxylation is 1. The number of aromatic carboxylic acids is 1. The number of nitrogens with one attached hydrogen (secondary N) is 1. The predicted molar refractivity (Wildman–Crippen MR) is 81.7 cm³/mol. The van der Waals surface area contributed by atoms with Crippen LogP contribution in [0.25, 0.3) is 0 Å². The van der Waals surface area contributed by atoms with Gasteiger partial charge in [0.05, 0.1) is 5.56 Å². The zero-order valence-corrected chi connectivity index (χ0v) is 12.4. The number of carbonyl (C=O) groups excluding carboxylic acids is 1. The molecular weight excluding hydrogens is 268 g/mol. The summed E-state index contributed by atoms with van der Waals surface area (Å²) >= 11 is 0. The number of nitrogens with zero attached hydrogens (tertiary/aromatic N) is 1. The van der Waals surface area contributed by atoms with Crippen LogP contribution in [0.3, 0.4) is 0 Å². The first-order valence-corrected chi connectivity index (χ1v) is 7.43. The van der Waals surface area contributed by atoms with Gasteiger partial charge in [-0.1, -0.05) is 0 Å². The summed E-state index contributed by atoms with van der Waals surface area (Å²) in [5.41, 5.74) is 1.88.